The van der Waals surface area contributed by atoms with Gasteiger partial charge in [0.05, 0.1) is 6.42 Å². The largest absolute Gasteiger partial charge is 0.342 e. The van der Waals surface area contributed by atoms with Crippen LogP contribution in [-0.4, -0.2) is 30.4 Å². The molecule has 1 unspecified atom stereocenters. The van der Waals surface area contributed by atoms with Crippen LogP contribution in [0.2, 0.25) is 0 Å². The predicted molar refractivity (Wildman–Crippen MR) is 82.6 cm³/mol. The van der Waals surface area contributed by atoms with Crippen molar-refractivity contribution in [1.29, 1.82) is 0 Å². The Morgan fingerprint density at radius 2 is 2.20 bits per heavy atom. The smallest absolute Gasteiger partial charge is 0.227 e. The molecule has 1 aromatic rings. The summed E-state index contributed by atoms with van der Waals surface area (Å²) < 4.78 is 0. The van der Waals surface area contributed by atoms with Gasteiger partial charge in [0.25, 0.3) is 0 Å². The van der Waals surface area contributed by atoms with E-state index < -0.39 is 0 Å². The van der Waals surface area contributed by atoms with Crippen molar-refractivity contribution in [2.75, 3.05) is 19.6 Å². The van der Waals surface area contributed by atoms with E-state index in [9.17, 15) is 4.79 Å². The number of likely N-dealkylation sites (tertiary alicyclic amines) is 1. The fourth-order valence-electron chi connectivity index (χ4n) is 3.03. The molecule has 1 saturated heterocycles. The van der Waals surface area contributed by atoms with Crippen LogP contribution in [0.5, 0.6) is 0 Å². The molecular formula is C17H26N2O. The number of amides is 1. The molecule has 3 heteroatoms. The minimum atomic E-state index is 0.264. The van der Waals surface area contributed by atoms with Crippen LogP contribution >= 0.6 is 0 Å². The highest BCUT2D eigenvalue weighted by Gasteiger charge is 2.23. The number of benzene rings is 1. The number of nitrogens with zero attached hydrogens (tertiary/aromatic N) is 1. The van der Waals surface area contributed by atoms with E-state index in [1.807, 2.05) is 4.90 Å². The molecule has 1 heterocycles. The number of nitrogens with two attached hydrogens (primary N) is 1. The first-order valence-electron chi connectivity index (χ1n) is 7.64. The second-order valence-corrected chi connectivity index (χ2v) is 6.03. The van der Waals surface area contributed by atoms with E-state index in [1.165, 1.54) is 17.5 Å². The SMILES string of the molecule is Cc1ccc(C)c(CC(=O)N2CCCC(CCN)C2)c1. The highest BCUT2D eigenvalue weighted by atomic mass is 16.2. The van der Waals surface area contributed by atoms with E-state index in [1.54, 1.807) is 0 Å². The quantitative estimate of drug-likeness (QED) is 0.916. The lowest BCUT2D eigenvalue weighted by atomic mass is 9.94. The molecule has 3 nitrogen and oxygen atoms in total. The lowest BCUT2D eigenvalue weighted by molar-refractivity contribution is -0.132. The van der Waals surface area contributed by atoms with Gasteiger partial charge in [0, 0.05) is 13.1 Å². The van der Waals surface area contributed by atoms with Crippen molar-refractivity contribution >= 4 is 5.91 Å². The molecule has 1 amide bonds. The monoisotopic (exact) mass is 274 g/mol. The molecule has 2 rings (SSSR count). The Hall–Kier alpha value is -1.35. The molecule has 2 N–H and O–H groups in total. The summed E-state index contributed by atoms with van der Waals surface area (Å²) in [4.78, 5) is 14.5. The number of hydrogen-bond donors (Lipinski definition) is 1. The van der Waals surface area contributed by atoms with Crippen LogP contribution in [0, 0.1) is 19.8 Å². The van der Waals surface area contributed by atoms with Crippen molar-refractivity contribution in [3.63, 3.8) is 0 Å². The molecule has 110 valence electrons. The molecule has 0 aromatic heterocycles. The first kappa shape index (κ1) is 15.0. The van der Waals surface area contributed by atoms with Gasteiger partial charge in [-0.3, -0.25) is 4.79 Å². The van der Waals surface area contributed by atoms with Gasteiger partial charge < -0.3 is 10.6 Å². The van der Waals surface area contributed by atoms with E-state index in [-0.39, 0.29) is 5.91 Å². The van der Waals surface area contributed by atoms with Crippen molar-refractivity contribution in [2.45, 2.75) is 39.5 Å². The molecule has 0 aliphatic carbocycles. The van der Waals surface area contributed by atoms with E-state index in [0.717, 1.165) is 38.0 Å². The predicted octanol–water partition coefficient (Wildman–Crippen LogP) is 2.43. The van der Waals surface area contributed by atoms with Crippen LogP contribution < -0.4 is 5.73 Å². The van der Waals surface area contributed by atoms with Gasteiger partial charge in [-0.2, -0.15) is 0 Å². The molecule has 0 saturated carbocycles. The van der Waals surface area contributed by atoms with Crippen molar-refractivity contribution < 1.29 is 4.79 Å². The molecule has 0 radical (unpaired) electrons. The van der Waals surface area contributed by atoms with Crippen molar-refractivity contribution in [2.24, 2.45) is 11.7 Å². The standard InChI is InChI=1S/C17H26N2O/c1-13-5-6-14(2)16(10-13)11-17(20)19-9-3-4-15(12-19)7-8-18/h5-6,10,15H,3-4,7-9,11-12,18H2,1-2H3. The van der Waals surface area contributed by atoms with Crippen LogP contribution in [-0.2, 0) is 11.2 Å². The van der Waals surface area contributed by atoms with E-state index >= 15 is 0 Å². The van der Waals surface area contributed by atoms with Crippen molar-refractivity contribution in [3.05, 3.63) is 34.9 Å². The average Bonchev–Trinajstić information content (AvgIpc) is 2.43. The molecular weight excluding hydrogens is 248 g/mol. The molecule has 1 aromatic carbocycles. The summed E-state index contributed by atoms with van der Waals surface area (Å²) in [6.07, 6.45) is 3.89. The third-order valence-corrected chi connectivity index (χ3v) is 4.29. The molecule has 1 fully saturated rings. The van der Waals surface area contributed by atoms with E-state index in [4.69, 9.17) is 5.73 Å². The van der Waals surface area contributed by atoms with Gasteiger partial charge in [-0.1, -0.05) is 23.8 Å². The number of piperidine rings is 1. The Morgan fingerprint density at radius 3 is 2.95 bits per heavy atom. The van der Waals surface area contributed by atoms with E-state index in [0.29, 0.717) is 12.3 Å². The molecule has 20 heavy (non-hydrogen) atoms. The van der Waals surface area contributed by atoms with Crippen LogP contribution in [0.1, 0.15) is 36.0 Å². The van der Waals surface area contributed by atoms with Gasteiger partial charge >= 0.3 is 0 Å². The zero-order valence-corrected chi connectivity index (χ0v) is 12.7. The van der Waals surface area contributed by atoms with Gasteiger partial charge in [0.15, 0.2) is 0 Å². The fraction of sp³-hybridized carbons (Fsp3) is 0.588. The van der Waals surface area contributed by atoms with Gasteiger partial charge in [-0.25, -0.2) is 0 Å². The second-order valence-electron chi connectivity index (χ2n) is 6.03. The zero-order valence-electron chi connectivity index (χ0n) is 12.7. The lowest BCUT2D eigenvalue weighted by Gasteiger charge is -2.33. The summed E-state index contributed by atoms with van der Waals surface area (Å²) >= 11 is 0. The minimum absolute atomic E-state index is 0.264. The number of hydrogen-bond acceptors (Lipinski definition) is 2. The Morgan fingerprint density at radius 1 is 1.40 bits per heavy atom. The highest BCUT2D eigenvalue weighted by molar-refractivity contribution is 5.79. The summed E-state index contributed by atoms with van der Waals surface area (Å²) in [6.45, 7) is 6.68. The van der Waals surface area contributed by atoms with Crippen molar-refractivity contribution in [3.8, 4) is 0 Å². The van der Waals surface area contributed by atoms with E-state index in [2.05, 4.69) is 32.0 Å². The maximum absolute atomic E-state index is 12.5. The van der Waals surface area contributed by atoms with Gasteiger partial charge in [0.1, 0.15) is 0 Å². The number of aryl methyl sites for hydroxylation is 2. The summed E-state index contributed by atoms with van der Waals surface area (Å²) in [5.74, 6) is 0.858. The molecule has 1 atom stereocenters. The molecule has 0 bridgehead atoms. The van der Waals surface area contributed by atoms with Gasteiger partial charge in [-0.15, -0.1) is 0 Å². The summed E-state index contributed by atoms with van der Waals surface area (Å²) in [5.41, 5.74) is 9.23. The van der Waals surface area contributed by atoms with Crippen LogP contribution in [0.25, 0.3) is 0 Å². The summed E-state index contributed by atoms with van der Waals surface area (Å²) in [7, 11) is 0. The lowest BCUT2D eigenvalue weighted by Crippen LogP contribution is -2.41. The molecule has 1 aliphatic heterocycles. The first-order valence-corrected chi connectivity index (χ1v) is 7.64. The summed E-state index contributed by atoms with van der Waals surface area (Å²) in [6, 6.07) is 6.33. The topological polar surface area (TPSA) is 46.3 Å². The number of rotatable bonds is 4. The Kier molecular flexibility index (Phi) is 5.18. The Bertz CT molecular complexity index is 468. The number of carbonyl (C=O) groups is 1. The highest BCUT2D eigenvalue weighted by Crippen LogP contribution is 2.20. The van der Waals surface area contributed by atoms with Gasteiger partial charge in [-0.05, 0) is 56.7 Å². The zero-order chi connectivity index (χ0) is 14.5. The Labute approximate surface area is 122 Å². The van der Waals surface area contributed by atoms with Gasteiger partial charge in [0.2, 0.25) is 5.91 Å². The summed E-state index contributed by atoms with van der Waals surface area (Å²) in [5, 5.41) is 0. The fourth-order valence-corrected chi connectivity index (χ4v) is 3.03. The van der Waals surface area contributed by atoms with Crippen molar-refractivity contribution in [1.82, 2.24) is 4.90 Å². The number of carbonyl (C=O) groups excluding carboxylic acids is 1. The first-order chi connectivity index (χ1) is 9.60. The third-order valence-electron chi connectivity index (χ3n) is 4.29. The Balaban J connectivity index is 1.99. The maximum atomic E-state index is 12.5. The normalized spacial score (nSPS) is 19.1. The van der Waals surface area contributed by atoms with Crippen LogP contribution in [0.4, 0.5) is 0 Å². The van der Waals surface area contributed by atoms with Crippen LogP contribution in [0.15, 0.2) is 18.2 Å². The second kappa shape index (κ2) is 6.89. The molecule has 1 aliphatic rings. The minimum Gasteiger partial charge on any atom is -0.342 e. The third kappa shape index (κ3) is 3.83. The maximum Gasteiger partial charge on any atom is 0.227 e. The van der Waals surface area contributed by atoms with Crippen LogP contribution in [0.3, 0.4) is 0 Å². The average molecular weight is 274 g/mol. The molecule has 0 spiro atoms.